The number of amides is 1. The largest absolute Gasteiger partial charge is 0.416 e. The molecule has 2 heterocycles. The first-order valence-electron chi connectivity index (χ1n) is 12.5. The van der Waals surface area contributed by atoms with Gasteiger partial charge in [0.05, 0.1) is 28.1 Å². The van der Waals surface area contributed by atoms with E-state index in [4.69, 9.17) is 4.74 Å². The Balaban J connectivity index is 1.51. The van der Waals surface area contributed by atoms with Crippen LogP contribution in [0.5, 0.6) is 0 Å². The molecule has 0 N–H and O–H groups in total. The van der Waals surface area contributed by atoms with Crippen molar-refractivity contribution in [3.63, 3.8) is 0 Å². The summed E-state index contributed by atoms with van der Waals surface area (Å²) in [4.78, 5) is 38.0. The van der Waals surface area contributed by atoms with Gasteiger partial charge in [-0.15, -0.1) is 0 Å². The fourth-order valence-electron chi connectivity index (χ4n) is 5.48. The molecule has 0 bridgehead atoms. The van der Waals surface area contributed by atoms with E-state index in [9.17, 15) is 42.6 Å². The lowest BCUT2D eigenvalue weighted by molar-refractivity contribution is -0.393. The van der Waals surface area contributed by atoms with Crippen LogP contribution in [-0.4, -0.2) is 46.1 Å². The number of benzene rings is 3. The number of anilines is 1. The number of hydrogen-bond acceptors (Lipinski definition) is 7. The Kier molecular flexibility index (Phi) is 7.11. The number of nitrogens with zero attached hydrogens (tertiary/aromatic N) is 4. The summed E-state index contributed by atoms with van der Waals surface area (Å²) in [5, 5.41) is 23.5. The number of carbonyl (C=O) groups excluding carboxylic acids is 1. The van der Waals surface area contributed by atoms with Crippen molar-refractivity contribution in [1.82, 2.24) is 4.90 Å². The fraction of sp³-hybridized carbons (Fsp3) is 0.296. The Hall–Kier alpha value is -4.59. The minimum Gasteiger partial charge on any atom is -0.360 e. The van der Waals surface area contributed by atoms with Gasteiger partial charge in [-0.1, -0.05) is 30.3 Å². The highest BCUT2D eigenvalue weighted by atomic mass is 19.4. The quantitative estimate of drug-likeness (QED) is 0.212. The molecule has 214 valence electrons. The van der Waals surface area contributed by atoms with E-state index in [0.29, 0.717) is 0 Å². The maximum Gasteiger partial charge on any atom is 0.416 e. The first-order valence-corrected chi connectivity index (χ1v) is 12.5. The Morgan fingerprint density at radius 2 is 1.49 bits per heavy atom. The van der Waals surface area contributed by atoms with Crippen LogP contribution in [0.4, 0.5) is 34.6 Å². The summed E-state index contributed by atoms with van der Waals surface area (Å²) in [5.74, 6) is -0.974. The fourth-order valence-corrected chi connectivity index (χ4v) is 5.48. The number of rotatable bonds is 5. The molecule has 41 heavy (non-hydrogen) atoms. The van der Waals surface area contributed by atoms with E-state index in [1.165, 1.54) is 17.0 Å². The first-order chi connectivity index (χ1) is 19.4. The van der Waals surface area contributed by atoms with Crippen LogP contribution in [-0.2, 0) is 10.9 Å². The van der Waals surface area contributed by atoms with Crippen molar-refractivity contribution >= 4 is 23.0 Å². The van der Waals surface area contributed by atoms with Crippen LogP contribution >= 0.6 is 0 Å². The summed E-state index contributed by atoms with van der Waals surface area (Å²) in [5.41, 5.74) is -4.39. The zero-order chi connectivity index (χ0) is 29.5. The molecule has 1 amide bonds. The highest BCUT2D eigenvalue weighted by Gasteiger charge is 2.53. The molecule has 0 aromatic heterocycles. The second-order valence-electron chi connectivity index (χ2n) is 9.73. The molecule has 1 spiro atoms. The number of piperidine rings is 1. The van der Waals surface area contributed by atoms with Crippen LogP contribution in [0.25, 0.3) is 0 Å². The summed E-state index contributed by atoms with van der Waals surface area (Å²) in [7, 11) is 0. The Labute approximate surface area is 230 Å². The van der Waals surface area contributed by atoms with Gasteiger partial charge in [0.1, 0.15) is 11.5 Å². The molecular weight excluding hydrogens is 552 g/mol. The van der Waals surface area contributed by atoms with Crippen LogP contribution in [0.1, 0.15) is 40.4 Å². The maximum atomic E-state index is 13.8. The summed E-state index contributed by atoms with van der Waals surface area (Å²) < 4.78 is 59.9. The zero-order valence-corrected chi connectivity index (χ0v) is 21.2. The monoisotopic (exact) mass is 574 g/mol. The molecule has 10 nitrogen and oxygen atoms in total. The molecular formula is C27H22F4N4O6. The van der Waals surface area contributed by atoms with Crippen molar-refractivity contribution in [2.45, 2.75) is 30.8 Å². The van der Waals surface area contributed by atoms with Crippen LogP contribution < -0.4 is 4.90 Å². The van der Waals surface area contributed by atoms with Crippen molar-refractivity contribution in [3.8, 4) is 0 Å². The van der Waals surface area contributed by atoms with Crippen LogP contribution in [0.3, 0.4) is 0 Å². The molecule has 3 aromatic carbocycles. The van der Waals surface area contributed by atoms with Crippen molar-refractivity contribution in [2.24, 2.45) is 0 Å². The summed E-state index contributed by atoms with van der Waals surface area (Å²) in [6.45, 7) is -0.0823. The van der Waals surface area contributed by atoms with E-state index in [2.05, 4.69) is 0 Å². The number of carbonyl (C=O) groups is 1. The number of ether oxygens (including phenoxy) is 1. The van der Waals surface area contributed by atoms with Gasteiger partial charge in [-0.05, 0) is 29.8 Å². The second kappa shape index (κ2) is 10.4. The average Bonchev–Trinajstić information content (AvgIpc) is 3.31. The summed E-state index contributed by atoms with van der Waals surface area (Å²) in [6, 6.07) is 14.1. The van der Waals surface area contributed by atoms with E-state index in [1.54, 1.807) is 17.0 Å². The smallest absolute Gasteiger partial charge is 0.360 e. The van der Waals surface area contributed by atoms with Crippen LogP contribution in [0.15, 0.2) is 66.7 Å². The Morgan fingerprint density at radius 3 is 2.00 bits per heavy atom. The molecule has 3 aromatic rings. The molecule has 2 aliphatic heterocycles. The van der Waals surface area contributed by atoms with Crippen LogP contribution in [0, 0.1) is 26.0 Å². The minimum atomic E-state index is -5.04. The standard InChI is InChI=1S/C27H22F4N4O6/c28-20-8-6-18(7-9-20)25(36)33-23(17-4-2-1-3-5-17)16-41-26(33)10-12-32(13-11-26)24-21(34(37)38)14-19(27(29,30)31)15-22(24)35(39)40/h1-9,14-15,23H,10-13,16H2/t23-/m1/s1. The number of nitro groups is 2. The molecule has 1 atom stereocenters. The van der Waals surface area contributed by atoms with Gasteiger partial charge in [-0.3, -0.25) is 25.0 Å². The first kappa shape index (κ1) is 28.0. The lowest BCUT2D eigenvalue weighted by atomic mass is 9.94. The third kappa shape index (κ3) is 5.17. The van der Waals surface area contributed by atoms with Gasteiger partial charge in [-0.25, -0.2) is 4.39 Å². The lowest BCUT2D eigenvalue weighted by Gasteiger charge is -2.45. The molecule has 2 saturated heterocycles. The molecule has 0 aliphatic carbocycles. The topological polar surface area (TPSA) is 119 Å². The van der Waals surface area contributed by atoms with Crippen molar-refractivity contribution in [2.75, 3.05) is 24.6 Å². The van der Waals surface area contributed by atoms with Gasteiger partial charge in [-0.2, -0.15) is 13.2 Å². The van der Waals surface area contributed by atoms with Crippen LogP contribution in [0.2, 0.25) is 0 Å². The summed E-state index contributed by atoms with van der Waals surface area (Å²) >= 11 is 0. The summed E-state index contributed by atoms with van der Waals surface area (Å²) in [6.07, 6.45) is -4.96. The predicted octanol–water partition coefficient (Wildman–Crippen LogP) is 5.87. The van der Waals surface area contributed by atoms with E-state index >= 15 is 0 Å². The minimum absolute atomic E-state index is 0.0403. The van der Waals surface area contributed by atoms with Gasteiger partial charge < -0.3 is 14.5 Å². The predicted molar refractivity (Wildman–Crippen MR) is 137 cm³/mol. The molecule has 0 unspecified atom stereocenters. The normalized spacial score (nSPS) is 18.5. The van der Waals surface area contributed by atoms with Crippen molar-refractivity contribution in [1.29, 1.82) is 0 Å². The van der Waals surface area contributed by atoms with E-state index in [0.717, 1.165) is 17.7 Å². The van der Waals surface area contributed by atoms with E-state index in [1.807, 2.05) is 18.2 Å². The number of hydrogen-bond donors (Lipinski definition) is 0. The Bertz CT molecular complexity index is 1460. The van der Waals surface area contributed by atoms with Gasteiger partial charge in [0.15, 0.2) is 5.69 Å². The molecule has 0 saturated carbocycles. The van der Waals surface area contributed by atoms with Gasteiger partial charge in [0.2, 0.25) is 0 Å². The van der Waals surface area contributed by atoms with Gasteiger partial charge >= 0.3 is 6.18 Å². The van der Waals surface area contributed by atoms with Crippen molar-refractivity contribution < 1.29 is 36.9 Å². The molecule has 2 fully saturated rings. The second-order valence-corrected chi connectivity index (χ2v) is 9.73. The number of alkyl halides is 3. The zero-order valence-electron chi connectivity index (χ0n) is 21.2. The lowest BCUT2D eigenvalue weighted by Crippen LogP contribution is -2.55. The average molecular weight is 574 g/mol. The molecule has 14 heteroatoms. The number of halogens is 4. The third-order valence-corrected chi connectivity index (χ3v) is 7.41. The maximum absolute atomic E-state index is 13.8. The third-order valence-electron chi connectivity index (χ3n) is 7.41. The highest BCUT2D eigenvalue weighted by molar-refractivity contribution is 5.95. The van der Waals surface area contributed by atoms with E-state index in [-0.39, 0.29) is 50.2 Å². The van der Waals surface area contributed by atoms with Crippen molar-refractivity contribution in [3.05, 3.63) is 109 Å². The molecule has 2 aliphatic rings. The molecule has 0 radical (unpaired) electrons. The van der Waals surface area contributed by atoms with E-state index < -0.39 is 62.1 Å². The SMILES string of the molecule is O=C(c1ccc(F)cc1)N1[C@@H](c2ccccc2)COC12CCN(c1c([N+](=O)[O-])cc(C(F)(F)F)cc1[N+](=O)[O-])CC2. The highest BCUT2D eigenvalue weighted by Crippen LogP contribution is 2.48. The Morgan fingerprint density at radius 1 is 0.927 bits per heavy atom. The number of nitro benzene ring substituents is 2. The molecule has 5 rings (SSSR count). The van der Waals surface area contributed by atoms with Gasteiger partial charge in [0.25, 0.3) is 17.3 Å². The van der Waals surface area contributed by atoms with Gasteiger partial charge in [0, 0.05) is 43.6 Å².